The van der Waals surface area contributed by atoms with E-state index in [1.165, 1.54) is 5.56 Å². The van der Waals surface area contributed by atoms with Crippen LogP contribution in [0.25, 0.3) is 0 Å². The van der Waals surface area contributed by atoms with Gasteiger partial charge in [0.25, 0.3) is 0 Å². The van der Waals surface area contributed by atoms with Gasteiger partial charge in [0, 0.05) is 19.1 Å². The van der Waals surface area contributed by atoms with Crippen LogP contribution < -0.4 is 5.32 Å². The standard InChI is InChI=1S/C19H26N2O2/c22-19(20-16-6-7-16)17-12-15-9-11-21(13-18(15)23-17)10-8-14-4-2-1-3-5-14/h1-5,15-18H,6-13H2,(H,20,22)/t15-,17-,18+/m0/s1. The molecule has 1 aromatic rings. The van der Waals surface area contributed by atoms with Crippen LogP contribution in [0.15, 0.2) is 30.3 Å². The van der Waals surface area contributed by atoms with Crippen LogP contribution in [0.1, 0.15) is 31.2 Å². The zero-order valence-corrected chi connectivity index (χ0v) is 13.6. The van der Waals surface area contributed by atoms with Gasteiger partial charge in [-0.3, -0.25) is 4.79 Å². The van der Waals surface area contributed by atoms with E-state index in [0.717, 1.165) is 51.7 Å². The van der Waals surface area contributed by atoms with E-state index in [9.17, 15) is 4.79 Å². The predicted molar refractivity (Wildman–Crippen MR) is 89.1 cm³/mol. The first kappa shape index (κ1) is 15.2. The smallest absolute Gasteiger partial charge is 0.249 e. The maximum atomic E-state index is 12.2. The molecule has 1 aromatic carbocycles. The second kappa shape index (κ2) is 6.62. The van der Waals surface area contributed by atoms with Crippen LogP contribution >= 0.6 is 0 Å². The largest absolute Gasteiger partial charge is 0.364 e. The van der Waals surface area contributed by atoms with Crippen LogP contribution in [0.2, 0.25) is 0 Å². The lowest BCUT2D eigenvalue weighted by Gasteiger charge is -2.34. The lowest BCUT2D eigenvalue weighted by molar-refractivity contribution is -0.133. The van der Waals surface area contributed by atoms with E-state index in [4.69, 9.17) is 4.74 Å². The molecule has 3 atom stereocenters. The van der Waals surface area contributed by atoms with Gasteiger partial charge in [0.2, 0.25) is 5.91 Å². The van der Waals surface area contributed by atoms with Gasteiger partial charge in [-0.25, -0.2) is 0 Å². The number of carbonyl (C=O) groups excluding carboxylic acids is 1. The van der Waals surface area contributed by atoms with Gasteiger partial charge < -0.3 is 15.0 Å². The van der Waals surface area contributed by atoms with E-state index in [-0.39, 0.29) is 18.1 Å². The molecule has 2 heterocycles. The van der Waals surface area contributed by atoms with Crippen LogP contribution in [0.4, 0.5) is 0 Å². The molecule has 3 fully saturated rings. The molecule has 1 N–H and O–H groups in total. The number of rotatable bonds is 5. The number of piperidine rings is 1. The Bertz CT molecular complexity index is 544. The van der Waals surface area contributed by atoms with Crippen LogP contribution in [0.5, 0.6) is 0 Å². The van der Waals surface area contributed by atoms with Crippen LogP contribution in [-0.4, -0.2) is 48.7 Å². The van der Waals surface area contributed by atoms with Gasteiger partial charge in [-0.05, 0) is 50.1 Å². The molecule has 2 saturated heterocycles. The van der Waals surface area contributed by atoms with Crippen molar-refractivity contribution in [3.8, 4) is 0 Å². The van der Waals surface area contributed by atoms with Crippen molar-refractivity contribution in [3.05, 3.63) is 35.9 Å². The molecule has 1 amide bonds. The second-order valence-corrected chi connectivity index (χ2v) is 7.27. The summed E-state index contributed by atoms with van der Waals surface area (Å²) in [6.07, 6.45) is 5.47. The molecule has 0 unspecified atom stereocenters. The molecular formula is C19H26N2O2. The molecule has 3 aliphatic rings. The Kier molecular flexibility index (Phi) is 4.36. The monoisotopic (exact) mass is 314 g/mol. The molecule has 1 aliphatic carbocycles. The highest BCUT2D eigenvalue weighted by molar-refractivity contribution is 5.81. The van der Waals surface area contributed by atoms with Crippen LogP contribution in [0.3, 0.4) is 0 Å². The van der Waals surface area contributed by atoms with E-state index >= 15 is 0 Å². The summed E-state index contributed by atoms with van der Waals surface area (Å²) < 4.78 is 6.08. The van der Waals surface area contributed by atoms with E-state index < -0.39 is 0 Å². The molecule has 4 nitrogen and oxygen atoms in total. The predicted octanol–water partition coefficient (Wildman–Crippen LogP) is 1.99. The minimum atomic E-state index is -0.209. The third-order valence-electron chi connectivity index (χ3n) is 5.41. The number of amides is 1. The minimum absolute atomic E-state index is 0.123. The van der Waals surface area contributed by atoms with Gasteiger partial charge in [-0.2, -0.15) is 0 Å². The summed E-state index contributed by atoms with van der Waals surface area (Å²) in [6.45, 7) is 3.19. The van der Waals surface area contributed by atoms with Crippen molar-refractivity contribution in [3.63, 3.8) is 0 Å². The van der Waals surface area contributed by atoms with Gasteiger partial charge in [0.15, 0.2) is 0 Å². The first-order valence-corrected chi connectivity index (χ1v) is 9.00. The number of nitrogens with one attached hydrogen (secondary N) is 1. The third kappa shape index (κ3) is 3.75. The van der Waals surface area contributed by atoms with Crippen molar-refractivity contribution >= 4 is 5.91 Å². The topological polar surface area (TPSA) is 41.6 Å². The third-order valence-corrected chi connectivity index (χ3v) is 5.41. The Balaban J connectivity index is 1.26. The summed E-state index contributed by atoms with van der Waals surface area (Å²) in [5.41, 5.74) is 1.39. The molecule has 0 radical (unpaired) electrons. The minimum Gasteiger partial charge on any atom is -0.364 e. The summed E-state index contributed by atoms with van der Waals surface area (Å²) in [7, 11) is 0. The molecule has 4 rings (SSSR count). The Morgan fingerprint density at radius 2 is 2.04 bits per heavy atom. The molecule has 4 heteroatoms. The molecule has 23 heavy (non-hydrogen) atoms. The lowest BCUT2D eigenvalue weighted by Crippen LogP contribution is -2.43. The van der Waals surface area contributed by atoms with Crippen LogP contribution in [0, 0.1) is 5.92 Å². The zero-order chi connectivity index (χ0) is 15.6. The van der Waals surface area contributed by atoms with Crippen molar-refractivity contribution in [1.29, 1.82) is 0 Å². The van der Waals surface area contributed by atoms with Crippen molar-refractivity contribution in [2.24, 2.45) is 5.92 Å². The molecule has 2 aliphatic heterocycles. The van der Waals surface area contributed by atoms with E-state index in [1.807, 2.05) is 0 Å². The highest BCUT2D eigenvalue weighted by atomic mass is 16.5. The number of carbonyl (C=O) groups is 1. The molecule has 0 bridgehead atoms. The molecular weight excluding hydrogens is 288 g/mol. The molecule has 0 spiro atoms. The number of hydrogen-bond acceptors (Lipinski definition) is 3. The fourth-order valence-electron chi connectivity index (χ4n) is 3.82. The average Bonchev–Trinajstić information content (AvgIpc) is 3.29. The van der Waals surface area contributed by atoms with E-state index in [2.05, 4.69) is 40.5 Å². The number of nitrogens with zero attached hydrogens (tertiary/aromatic N) is 1. The Hall–Kier alpha value is -1.39. The fraction of sp³-hybridized carbons (Fsp3) is 0.632. The summed E-state index contributed by atoms with van der Waals surface area (Å²) >= 11 is 0. The maximum absolute atomic E-state index is 12.2. The SMILES string of the molecule is O=C(NC1CC1)[C@@H]1C[C@@H]2CCN(CCc3ccccc3)C[C@H]2O1. The molecule has 1 saturated carbocycles. The van der Waals surface area contributed by atoms with Gasteiger partial charge in [-0.1, -0.05) is 30.3 Å². The first-order valence-electron chi connectivity index (χ1n) is 9.00. The summed E-state index contributed by atoms with van der Waals surface area (Å²) in [6, 6.07) is 11.1. The first-order chi connectivity index (χ1) is 11.3. The van der Waals surface area contributed by atoms with Crippen molar-refractivity contribution in [1.82, 2.24) is 10.2 Å². The Morgan fingerprint density at radius 1 is 1.22 bits per heavy atom. The van der Waals surface area contributed by atoms with Gasteiger partial charge >= 0.3 is 0 Å². The fourth-order valence-corrected chi connectivity index (χ4v) is 3.82. The average molecular weight is 314 g/mol. The second-order valence-electron chi connectivity index (χ2n) is 7.27. The normalized spacial score (nSPS) is 30.9. The van der Waals surface area contributed by atoms with E-state index in [0.29, 0.717) is 12.0 Å². The highest BCUT2D eigenvalue weighted by Crippen LogP contribution is 2.33. The number of hydrogen-bond donors (Lipinski definition) is 1. The summed E-state index contributed by atoms with van der Waals surface area (Å²) in [5.74, 6) is 0.690. The van der Waals surface area contributed by atoms with Crippen molar-refractivity contribution in [2.75, 3.05) is 19.6 Å². The summed E-state index contributed by atoms with van der Waals surface area (Å²) in [4.78, 5) is 14.7. The van der Waals surface area contributed by atoms with Crippen LogP contribution in [-0.2, 0) is 16.0 Å². The van der Waals surface area contributed by atoms with Crippen molar-refractivity contribution < 1.29 is 9.53 Å². The lowest BCUT2D eigenvalue weighted by atomic mass is 9.91. The Labute approximate surface area is 138 Å². The number of benzene rings is 1. The van der Waals surface area contributed by atoms with Gasteiger partial charge in [-0.15, -0.1) is 0 Å². The van der Waals surface area contributed by atoms with Gasteiger partial charge in [0.1, 0.15) is 6.10 Å². The number of likely N-dealkylation sites (tertiary alicyclic amines) is 1. The molecule has 0 aromatic heterocycles. The maximum Gasteiger partial charge on any atom is 0.249 e. The number of ether oxygens (including phenoxy) is 1. The van der Waals surface area contributed by atoms with Gasteiger partial charge in [0.05, 0.1) is 6.10 Å². The quantitative estimate of drug-likeness (QED) is 0.904. The van der Waals surface area contributed by atoms with Crippen molar-refractivity contribution in [2.45, 2.75) is 50.4 Å². The molecule has 124 valence electrons. The zero-order valence-electron chi connectivity index (χ0n) is 13.6. The van der Waals surface area contributed by atoms with E-state index in [1.54, 1.807) is 0 Å². The summed E-state index contributed by atoms with van der Waals surface area (Å²) in [5, 5.41) is 3.09. The number of fused-ring (bicyclic) bond motifs is 1. The Morgan fingerprint density at radius 3 is 2.83 bits per heavy atom. The highest BCUT2D eigenvalue weighted by Gasteiger charge is 2.42.